The first-order chi connectivity index (χ1) is 6.75. The molecule has 14 heavy (non-hydrogen) atoms. The molecule has 0 atom stereocenters. The van der Waals surface area contributed by atoms with E-state index in [9.17, 15) is 9.59 Å². The van der Waals surface area contributed by atoms with Crippen LogP contribution in [0.3, 0.4) is 0 Å². The number of aromatic amines is 1. The number of nitrogens with zero attached hydrogens (tertiary/aromatic N) is 1. The lowest BCUT2D eigenvalue weighted by molar-refractivity contribution is -0.139. The molecule has 0 spiro atoms. The number of likely N-dealkylation sites (tertiary alicyclic amines) is 1. The minimum atomic E-state index is -0.0533. The van der Waals surface area contributed by atoms with Crippen LogP contribution in [0.2, 0.25) is 0 Å². The SMILES string of the molecule is O=C1CCN(Cc2cc[nH]c2)C(=O)C1. The van der Waals surface area contributed by atoms with Crippen molar-refractivity contribution < 1.29 is 9.59 Å². The highest BCUT2D eigenvalue weighted by atomic mass is 16.2. The van der Waals surface area contributed by atoms with Crippen LogP contribution in [-0.2, 0) is 16.1 Å². The zero-order chi connectivity index (χ0) is 9.97. The van der Waals surface area contributed by atoms with Crippen LogP contribution in [-0.4, -0.2) is 28.1 Å². The van der Waals surface area contributed by atoms with Gasteiger partial charge >= 0.3 is 0 Å². The number of rotatable bonds is 2. The molecule has 2 rings (SSSR count). The number of Topliss-reactive ketones (excluding diaryl/α,β-unsaturated/α-hetero) is 1. The van der Waals surface area contributed by atoms with E-state index >= 15 is 0 Å². The number of carbonyl (C=O) groups excluding carboxylic acids is 2. The molecule has 1 amide bonds. The van der Waals surface area contributed by atoms with Crippen LogP contribution in [0, 0.1) is 0 Å². The zero-order valence-corrected chi connectivity index (χ0v) is 7.82. The van der Waals surface area contributed by atoms with Gasteiger partial charge in [-0.1, -0.05) is 0 Å². The second-order valence-corrected chi connectivity index (χ2v) is 3.50. The van der Waals surface area contributed by atoms with Gasteiger partial charge in [0.05, 0.1) is 6.42 Å². The van der Waals surface area contributed by atoms with Crippen molar-refractivity contribution in [2.45, 2.75) is 19.4 Å². The normalized spacial score (nSPS) is 17.6. The quantitative estimate of drug-likeness (QED) is 0.701. The van der Waals surface area contributed by atoms with E-state index in [4.69, 9.17) is 0 Å². The van der Waals surface area contributed by atoms with Gasteiger partial charge < -0.3 is 9.88 Å². The molecule has 1 aliphatic rings. The number of hydrogen-bond donors (Lipinski definition) is 1. The Morgan fingerprint density at radius 3 is 2.93 bits per heavy atom. The van der Waals surface area contributed by atoms with Crippen molar-refractivity contribution in [3.05, 3.63) is 24.0 Å². The van der Waals surface area contributed by atoms with Crippen molar-refractivity contribution >= 4 is 11.7 Å². The van der Waals surface area contributed by atoms with E-state index in [1.807, 2.05) is 18.5 Å². The first-order valence-electron chi connectivity index (χ1n) is 4.67. The highest BCUT2D eigenvalue weighted by molar-refractivity contribution is 6.00. The van der Waals surface area contributed by atoms with Gasteiger partial charge in [0, 0.05) is 31.9 Å². The van der Waals surface area contributed by atoms with E-state index in [0.29, 0.717) is 19.5 Å². The summed E-state index contributed by atoms with van der Waals surface area (Å²) in [6.07, 6.45) is 4.26. The molecule has 0 aliphatic carbocycles. The van der Waals surface area contributed by atoms with E-state index in [-0.39, 0.29) is 18.1 Å². The maximum Gasteiger partial charge on any atom is 0.230 e. The molecule has 1 aromatic heterocycles. The van der Waals surface area contributed by atoms with Crippen LogP contribution in [0.5, 0.6) is 0 Å². The number of amides is 1. The monoisotopic (exact) mass is 192 g/mol. The molecule has 1 aromatic rings. The van der Waals surface area contributed by atoms with E-state index < -0.39 is 0 Å². The molecule has 1 N–H and O–H groups in total. The largest absolute Gasteiger partial charge is 0.367 e. The molecule has 1 saturated heterocycles. The van der Waals surface area contributed by atoms with Crippen LogP contribution < -0.4 is 0 Å². The van der Waals surface area contributed by atoms with Crippen LogP contribution in [0.4, 0.5) is 0 Å². The van der Waals surface area contributed by atoms with Gasteiger partial charge in [-0.05, 0) is 11.6 Å². The minimum Gasteiger partial charge on any atom is -0.367 e. The van der Waals surface area contributed by atoms with Gasteiger partial charge in [-0.2, -0.15) is 0 Å². The molecule has 4 heteroatoms. The third-order valence-corrected chi connectivity index (χ3v) is 2.40. The predicted molar refractivity (Wildman–Crippen MR) is 50.5 cm³/mol. The van der Waals surface area contributed by atoms with Crippen LogP contribution >= 0.6 is 0 Å². The van der Waals surface area contributed by atoms with Crippen molar-refractivity contribution in [1.29, 1.82) is 0 Å². The number of aromatic nitrogens is 1. The second-order valence-electron chi connectivity index (χ2n) is 3.50. The number of hydrogen-bond acceptors (Lipinski definition) is 2. The van der Waals surface area contributed by atoms with Gasteiger partial charge in [0.1, 0.15) is 5.78 Å². The summed E-state index contributed by atoms with van der Waals surface area (Å²) >= 11 is 0. The lowest BCUT2D eigenvalue weighted by atomic mass is 10.1. The Hall–Kier alpha value is -1.58. The van der Waals surface area contributed by atoms with Gasteiger partial charge in [-0.15, -0.1) is 0 Å². The first kappa shape index (κ1) is 8.99. The number of carbonyl (C=O) groups is 2. The topological polar surface area (TPSA) is 53.2 Å². The summed E-state index contributed by atoms with van der Waals surface area (Å²) in [5, 5.41) is 0. The van der Waals surface area contributed by atoms with Crippen molar-refractivity contribution in [2.24, 2.45) is 0 Å². The number of nitrogens with one attached hydrogen (secondary N) is 1. The van der Waals surface area contributed by atoms with Gasteiger partial charge in [0.25, 0.3) is 0 Å². The average Bonchev–Trinajstić information content (AvgIpc) is 2.62. The molecule has 4 nitrogen and oxygen atoms in total. The summed E-state index contributed by atoms with van der Waals surface area (Å²) in [4.78, 5) is 27.1. The fourth-order valence-electron chi connectivity index (χ4n) is 1.60. The maximum absolute atomic E-state index is 11.4. The second kappa shape index (κ2) is 3.65. The molecule has 0 bridgehead atoms. The van der Waals surface area contributed by atoms with E-state index in [0.717, 1.165) is 5.56 Å². The standard InChI is InChI=1S/C10H12N2O2/c13-9-2-4-12(10(14)5-9)7-8-1-3-11-6-8/h1,3,6,11H,2,4-5,7H2. The molecule has 1 fully saturated rings. The van der Waals surface area contributed by atoms with E-state index in [1.165, 1.54) is 0 Å². The van der Waals surface area contributed by atoms with E-state index in [2.05, 4.69) is 4.98 Å². The lowest BCUT2D eigenvalue weighted by Crippen LogP contribution is -2.38. The Bertz CT molecular complexity index is 343. The van der Waals surface area contributed by atoms with E-state index in [1.54, 1.807) is 4.90 Å². The smallest absolute Gasteiger partial charge is 0.230 e. The highest BCUT2D eigenvalue weighted by Gasteiger charge is 2.23. The third-order valence-electron chi connectivity index (χ3n) is 2.40. The number of H-pyrrole nitrogens is 1. The Labute approximate surface area is 81.9 Å². The molecular formula is C10H12N2O2. The summed E-state index contributed by atoms with van der Waals surface area (Å²) in [6, 6.07) is 1.93. The summed E-state index contributed by atoms with van der Waals surface area (Å²) in [6.45, 7) is 1.17. The van der Waals surface area contributed by atoms with Crippen LogP contribution in [0.15, 0.2) is 18.5 Å². The molecule has 0 saturated carbocycles. The van der Waals surface area contributed by atoms with Gasteiger partial charge in [0.2, 0.25) is 5.91 Å². The molecule has 0 radical (unpaired) electrons. The van der Waals surface area contributed by atoms with Crippen LogP contribution in [0.25, 0.3) is 0 Å². The average molecular weight is 192 g/mol. The fourth-order valence-corrected chi connectivity index (χ4v) is 1.60. The molecule has 0 unspecified atom stereocenters. The molecule has 1 aliphatic heterocycles. The van der Waals surface area contributed by atoms with Crippen molar-refractivity contribution in [1.82, 2.24) is 9.88 Å². The summed E-state index contributed by atoms with van der Waals surface area (Å²) in [5.41, 5.74) is 1.08. The Balaban J connectivity index is 1.99. The van der Waals surface area contributed by atoms with Gasteiger partial charge in [-0.3, -0.25) is 9.59 Å². The molecular weight excluding hydrogens is 180 g/mol. The lowest BCUT2D eigenvalue weighted by Gasteiger charge is -2.25. The van der Waals surface area contributed by atoms with Gasteiger partial charge in [-0.25, -0.2) is 0 Å². The predicted octanol–water partition coefficient (Wildman–Crippen LogP) is 0.706. The summed E-state index contributed by atoms with van der Waals surface area (Å²) in [7, 11) is 0. The van der Waals surface area contributed by atoms with Crippen LogP contribution in [0.1, 0.15) is 18.4 Å². The van der Waals surface area contributed by atoms with Crippen molar-refractivity contribution in [2.75, 3.05) is 6.54 Å². The summed E-state index contributed by atoms with van der Waals surface area (Å²) in [5.74, 6) is 0.00256. The maximum atomic E-state index is 11.4. The third kappa shape index (κ3) is 1.84. The minimum absolute atomic E-state index is 0.0533. The molecule has 2 heterocycles. The first-order valence-corrected chi connectivity index (χ1v) is 4.67. The number of piperidine rings is 1. The number of ketones is 1. The van der Waals surface area contributed by atoms with Gasteiger partial charge in [0.15, 0.2) is 0 Å². The zero-order valence-electron chi connectivity index (χ0n) is 7.82. The summed E-state index contributed by atoms with van der Waals surface area (Å²) < 4.78 is 0. The molecule has 74 valence electrons. The Morgan fingerprint density at radius 1 is 1.43 bits per heavy atom. The van der Waals surface area contributed by atoms with Crippen molar-refractivity contribution in [3.63, 3.8) is 0 Å². The molecule has 0 aromatic carbocycles. The highest BCUT2D eigenvalue weighted by Crippen LogP contribution is 2.11. The Morgan fingerprint density at radius 2 is 2.29 bits per heavy atom. The Kier molecular flexibility index (Phi) is 2.35. The fraction of sp³-hybridized carbons (Fsp3) is 0.400. The van der Waals surface area contributed by atoms with Crippen molar-refractivity contribution in [3.8, 4) is 0 Å².